The number of hydrogen-bond donors (Lipinski definition) is 0. The normalized spacial score (nSPS) is 15.5. The van der Waals surface area contributed by atoms with Crippen molar-refractivity contribution in [2.75, 3.05) is 6.54 Å². The molecule has 0 atom stereocenters. The summed E-state index contributed by atoms with van der Waals surface area (Å²) in [6, 6.07) is 9.87. The van der Waals surface area contributed by atoms with Crippen molar-refractivity contribution < 1.29 is 18.0 Å². The van der Waals surface area contributed by atoms with E-state index in [-0.39, 0.29) is 5.91 Å². The summed E-state index contributed by atoms with van der Waals surface area (Å²) >= 11 is 0. The van der Waals surface area contributed by atoms with E-state index in [0.29, 0.717) is 29.8 Å². The van der Waals surface area contributed by atoms with E-state index in [9.17, 15) is 18.0 Å². The number of carbonyl (C=O) groups is 1. The average molecular weight is 348 g/mol. The van der Waals surface area contributed by atoms with Crippen molar-refractivity contribution >= 4 is 5.91 Å². The number of piperidine rings is 1. The van der Waals surface area contributed by atoms with Gasteiger partial charge in [0, 0.05) is 25.1 Å². The van der Waals surface area contributed by atoms with Gasteiger partial charge in [-0.2, -0.15) is 13.2 Å². The first-order valence-corrected chi connectivity index (χ1v) is 8.26. The first kappa shape index (κ1) is 17.5. The van der Waals surface area contributed by atoms with Gasteiger partial charge < -0.3 is 4.90 Å². The number of rotatable bonds is 3. The molecule has 25 heavy (non-hydrogen) atoms. The van der Waals surface area contributed by atoms with Gasteiger partial charge in [0.1, 0.15) is 5.69 Å². The van der Waals surface area contributed by atoms with Crippen LogP contribution in [0.3, 0.4) is 0 Å². The van der Waals surface area contributed by atoms with Crippen LogP contribution in [-0.4, -0.2) is 22.3 Å². The lowest BCUT2D eigenvalue weighted by Crippen LogP contribution is -2.34. The Morgan fingerprint density at radius 2 is 1.84 bits per heavy atom. The van der Waals surface area contributed by atoms with Gasteiger partial charge in [0.05, 0.1) is 5.69 Å². The summed E-state index contributed by atoms with van der Waals surface area (Å²) in [4.78, 5) is 17.4. The minimum atomic E-state index is -4.46. The van der Waals surface area contributed by atoms with Crippen molar-refractivity contribution in [1.29, 1.82) is 0 Å². The third kappa shape index (κ3) is 4.18. The lowest BCUT2D eigenvalue weighted by molar-refractivity contribution is -0.141. The third-order valence-corrected chi connectivity index (χ3v) is 4.30. The lowest BCUT2D eigenvalue weighted by Gasteiger charge is -2.26. The number of nitrogens with zero attached hydrogens (tertiary/aromatic N) is 2. The van der Waals surface area contributed by atoms with Crippen LogP contribution in [0.2, 0.25) is 0 Å². The van der Waals surface area contributed by atoms with Crippen LogP contribution >= 0.6 is 0 Å². The Balaban J connectivity index is 1.80. The van der Waals surface area contributed by atoms with Crippen molar-refractivity contribution in [3.63, 3.8) is 0 Å². The summed E-state index contributed by atoms with van der Waals surface area (Å²) in [6.45, 7) is 2.92. The molecule has 2 heterocycles. The topological polar surface area (TPSA) is 33.2 Å². The molecule has 0 unspecified atom stereocenters. The van der Waals surface area contributed by atoms with Gasteiger partial charge in [-0.05, 0) is 43.0 Å². The van der Waals surface area contributed by atoms with Crippen LogP contribution in [0.1, 0.15) is 36.1 Å². The highest BCUT2D eigenvalue weighted by Crippen LogP contribution is 2.30. The van der Waals surface area contributed by atoms with Gasteiger partial charge in [-0.1, -0.05) is 24.3 Å². The van der Waals surface area contributed by atoms with Crippen molar-refractivity contribution in [2.45, 2.75) is 38.9 Å². The molecule has 1 aliphatic rings. The molecule has 2 aromatic rings. The number of carbonyl (C=O) groups excluding carboxylic acids is 1. The smallest absolute Gasteiger partial charge is 0.338 e. The molecular weight excluding hydrogens is 329 g/mol. The number of benzene rings is 1. The molecule has 0 bridgehead atoms. The Morgan fingerprint density at radius 3 is 2.48 bits per heavy atom. The predicted octanol–water partition coefficient (Wildman–Crippen LogP) is 4.59. The van der Waals surface area contributed by atoms with E-state index < -0.39 is 11.9 Å². The number of likely N-dealkylation sites (tertiary alicyclic amines) is 1. The molecule has 132 valence electrons. The number of pyridine rings is 1. The maximum atomic E-state index is 12.9. The number of aromatic nitrogens is 1. The van der Waals surface area contributed by atoms with E-state index in [4.69, 9.17) is 0 Å². The molecule has 1 fully saturated rings. The predicted molar refractivity (Wildman–Crippen MR) is 88.7 cm³/mol. The van der Waals surface area contributed by atoms with E-state index in [1.807, 2.05) is 17.0 Å². The molecule has 1 aliphatic heterocycles. The molecule has 1 aromatic heterocycles. The summed E-state index contributed by atoms with van der Waals surface area (Å²) in [6.07, 6.45) is -1.92. The highest BCUT2D eigenvalue weighted by molar-refractivity contribution is 5.76. The monoisotopic (exact) mass is 348 g/mol. The number of alkyl halides is 3. The molecule has 0 aliphatic carbocycles. The first-order chi connectivity index (χ1) is 11.8. The van der Waals surface area contributed by atoms with Gasteiger partial charge in [0.15, 0.2) is 0 Å². The van der Waals surface area contributed by atoms with Gasteiger partial charge in [-0.3, -0.25) is 4.79 Å². The van der Waals surface area contributed by atoms with Crippen LogP contribution in [0, 0.1) is 6.92 Å². The molecule has 0 saturated carbocycles. The average Bonchev–Trinajstić information content (AvgIpc) is 2.56. The number of aryl methyl sites for hydroxylation is 1. The summed E-state index contributed by atoms with van der Waals surface area (Å²) in [5.41, 5.74) is 1.52. The standard InChI is InChI=1S/C19H19F3N2O/c1-13-10-16(23-17(11-13)19(20,21)22)15-7-5-14(6-8-15)12-24-9-3-2-4-18(24)25/h5-8,10-11H,2-4,9,12H2,1H3. The molecule has 0 radical (unpaired) electrons. The highest BCUT2D eigenvalue weighted by Gasteiger charge is 2.33. The van der Waals surface area contributed by atoms with Crippen molar-refractivity contribution in [3.05, 3.63) is 53.2 Å². The summed E-state index contributed by atoms with van der Waals surface area (Å²) < 4.78 is 38.8. The number of halogens is 3. The zero-order valence-corrected chi connectivity index (χ0v) is 13.9. The second kappa shape index (κ2) is 6.86. The Kier molecular flexibility index (Phi) is 4.79. The zero-order chi connectivity index (χ0) is 18.0. The largest absolute Gasteiger partial charge is 0.433 e. The molecule has 1 saturated heterocycles. The molecule has 1 aromatic carbocycles. The second-order valence-corrected chi connectivity index (χ2v) is 6.38. The minimum Gasteiger partial charge on any atom is -0.338 e. The maximum absolute atomic E-state index is 12.9. The number of amides is 1. The molecule has 0 spiro atoms. The Hall–Kier alpha value is -2.37. The molecule has 6 heteroatoms. The van der Waals surface area contributed by atoms with Crippen LogP contribution in [0.4, 0.5) is 13.2 Å². The lowest BCUT2D eigenvalue weighted by atomic mass is 10.0. The SMILES string of the molecule is Cc1cc(-c2ccc(CN3CCCCC3=O)cc2)nc(C(F)(F)F)c1. The molecule has 3 rings (SSSR count). The Bertz CT molecular complexity index is 769. The second-order valence-electron chi connectivity index (χ2n) is 6.38. The van der Waals surface area contributed by atoms with E-state index in [2.05, 4.69) is 4.98 Å². The van der Waals surface area contributed by atoms with Crippen LogP contribution < -0.4 is 0 Å². The van der Waals surface area contributed by atoms with E-state index in [1.54, 1.807) is 25.1 Å². The van der Waals surface area contributed by atoms with Gasteiger partial charge in [-0.15, -0.1) is 0 Å². The molecule has 3 nitrogen and oxygen atoms in total. The zero-order valence-electron chi connectivity index (χ0n) is 13.9. The fourth-order valence-corrected chi connectivity index (χ4v) is 2.99. The van der Waals surface area contributed by atoms with Gasteiger partial charge in [0.25, 0.3) is 0 Å². The summed E-state index contributed by atoms with van der Waals surface area (Å²) in [5.74, 6) is 0.158. The molecule has 0 N–H and O–H groups in total. The van der Waals surface area contributed by atoms with Crippen LogP contribution in [-0.2, 0) is 17.5 Å². The summed E-state index contributed by atoms with van der Waals surface area (Å²) in [7, 11) is 0. The quantitative estimate of drug-likeness (QED) is 0.813. The van der Waals surface area contributed by atoms with Crippen LogP contribution in [0.25, 0.3) is 11.3 Å². The summed E-state index contributed by atoms with van der Waals surface area (Å²) in [5, 5.41) is 0. The number of hydrogen-bond acceptors (Lipinski definition) is 2. The van der Waals surface area contributed by atoms with Gasteiger partial charge in [0.2, 0.25) is 5.91 Å². The first-order valence-electron chi connectivity index (χ1n) is 8.26. The van der Waals surface area contributed by atoms with Crippen molar-refractivity contribution in [2.24, 2.45) is 0 Å². The Morgan fingerprint density at radius 1 is 1.12 bits per heavy atom. The third-order valence-electron chi connectivity index (χ3n) is 4.30. The van der Waals surface area contributed by atoms with E-state index >= 15 is 0 Å². The maximum Gasteiger partial charge on any atom is 0.433 e. The molecular formula is C19H19F3N2O. The van der Waals surface area contributed by atoms with Gasteiger partial charge >= 0.3 is 6.18 Å². The molecule has 1 amide bonds. The van der Waals surface area contributed by atoms with E-state index in [0.717, 1.165) is 31.0 Å². The fraction of sp³-hybridized carbons (Fsp3) is 0.368. The highest BCUT2D eigenvalue weighted by atomic mass is 19.4. The minimum absolute atomic E-state index is 0.158. The van der Waals surface area contributed by atoms with Crippen molar-refractivity contribution in [3.8, 4) is 11.3 Å². The van der Waals surface area contributed by atoms with E-state index in [1.165, 1.54) is 0 Å². The van der Waals surface area contributed by atoms with Crippen LogP contribution in [0.5, 0.6) is 0 Å². The van der Waals surface area contributed by atoms with Crippen LogP contribution in [0.15, 0.2) is 36.4 Å². The fourth-order valence-electron chi connectivity index (χ4n) is 2.99. The Labute approximate surface area is 144 Å². The van der Waals surface area contributed by atoms with Gasteiger partial charge in [-0.25, -0.2) is 4.98 Å². The van der Waals surface area contributed by atoms with Crippen molar-refractivity contribution in [1.82, 2.24) is 9.88 Å².